The first-order valence-electron chi connectivity index (χ1n) is 3.90. The average molecular weight is 196 g/mol. The lowest BCUT2D eigenvalue weighted by atomic mass is 10.7. The van der Waals surface area contributed by atoms with Gasteiger partial charge in [-0.25, -0.2) is 0 Å². The maximum atomic E-state index is 10.9. The zero-order chi connectivity index (χ0) is 9.23. The van der Waals surface area contributed by atoms with E-state index in [1.807, 2.05) is 14.1 Å². The van der Waals surface area contributed by atoms with Gasteiger partial charge in [-0.1, -0.05) is 0 Å². The van der Waals surface area contributed by atoms with Gasteiger partial charge < -0.3 is 19.7 Å². The highest BCUT2D eigenvalue weighted by Crippen LogP contribution is 2.22. The largest absolute Gasteiger partial charge is 0.319 e. The van der Waals surface area contributed by atoms with Crippen molar-refractivity contribution in [1.82, 2.24) is 10.6 Å². The fourth-order valence-corrected chi connectivity index (χ4v) is 1.14. The Morgan fingerprint density at radius 2 is 1.50 bits per heavy atom. The van der Waals surface area contributed by atoms with Crippen LogP contribution in [-0.2, 0) is 13.6 Å². The fourth-order valence-electron chi connectivity index (χ4n) is 0.515. The summed E-state index contributed by atoms with van der Waals surface area (Å²) in [6, 6.07) is 0. The van der Waals surface area contributed by atoms with Crippen LogP contribution >= 0.6 is 8.25 Å². The lowest BCUT2D eigenvalue weighted by molar-refractivity contribution is 0.228. The second kappa shape index (κ2) is 9.16. The summed E-state index contributed by atoms with van der Waals surface area (Å²) in [7, 11) is 1.35. The highest BCUT2D eigenvalue weighted by Gasteiger charge is 1.97. The molecule has 0 radical (unpaired) electrons. The van der Waals surface area contributed by atoms with Crippen molar-refractivity contribution in [3.63, 3.8) is 0 Å². The second-order valence-electron chi connectivity index (χ2n) is 2.15. The first kappa shape index (κ1) is 12.1. The molecule has 0 saturated carbocycles. The highest BCUT2D eigenvalue weighted by molar-refractivity contribution is 7.33. The topological polar surface area (TPSA) is 59.6 Å². The van der Waals surface area contributed by atoms with Crippen LogP contribution in [0.25, 0.3) is 0 Å². The van der Waals surface area contributed by atoms with Crippen LogP contribution < -0.4 is 10.6 Å². The summed E-state index contributed by atoms with van der Waals surface area (Å²) in [5, 5.41) is 5.75. The summed E-state index contributed by atoms with van der Waals surface area (Å²) in [5.74, 6) is 0. The smallest absolute Gasteiger partial charge is 0.317 e. The Hall–Kier alpha value is 0.0700. The molecule has 0 aromatic heterocycles. The van der Waals surface area contributed by atoms with Gasteiger partial charge in [0.05, 0.1) is 13.2 Å². The van der Waals surface area contributed by atoms with E-state index in [9.17, 15) is 4.57 Å². The molecule has 0 heterocycles. The summed E-state index contributed by atoms with van der Waals surface area (Å²) in [6.07, 6.45) is 0. The third-order valence-corrected chi connectivity index (χ3v) is 2.02. The van der Waals surface area contributed by atoms with Crippen LogP contribution in [0, 0.1) is 0 Å². The zero-order valence-corrected chi connectivity index (χ0v) is 8.55. The van der Waals surface area contributed by atoms with E-state index in [1.54, 1.807) is 0 Å². The molecule has 0 bridgehead atoms. The molecule has 0 aromatic carbocycles. The number of hydrogen-bond acceptors (Lipinski definition) is 5. The molecule has 12 heavy (non-hydrogen) atoms. The fraction of sp³-hybridized carbons (Fsp3) is 1.00. The molecule has 0 aliphatic rings. The Kier molecular flexibility index (Phi) is 9.21. The van der Waals surface area contributed by atoms with E-state index in [1.165, 1.54) is 0 Å². The van der Waals surface area contributed by atoms with Crippen molar-refractivity contribution in [2.24, 2.45) is 0 Å². The van der Waals surface area contributed by atoms with E-state index >= 15 is 0 Å². The van der Waals surface area contributed by atoms with Gasteiger partial charge in [0.2, 0.25) is 0 Å². The second-order valence-corrected chi connectivity index (χ2v) is 3.23. The maximum absolute atomic E-state index is 10.9. The van der Waals surface area contributed by atoms with Gasteiger partial charge >= 0.3 is 8.25 Å². The van der Waals surface area contributed by atoms with Crippen molar-refractivity contribution in [2.75, 3.05) is 40.4 Å². The maximum Gasteiger partial charge on any atom is 0.319 e. The van der Waals surface area contributed by atoms with Gasteiger partial charge in [0, 0.05) is 13.1 Å². The van der Waals surface area contributed by atoms with E-state index < -0.39 is 8.25 Å². The van der Waals surface area contributed by atoms with Gasteiger partial charge in [0.25, 0.3) is 0 Å². The van der Waals surface area contributed by atoms with Crippen molar-refractivity contribution in [2.45, 2.75) is 0 Å². The van der Waals surface area contributed by atoms with Gasteiger partial charge in [0.1, 0.15) is 0 Å². The molecule has 0 atom stereocenters. The van der Waals surface area contributed by atoms with Crippen LogP contribution in [0.4, 0.5) is 0 Å². The molecule has 0 aromatic rings. The molecule has 0 aliphatic carbocycles. The zero-order valence-electron chi connectivity index (χ0n) is 7.55. The van der Waals surface area contributed by atoms with Gasteiger partial charge in [-0.15, -0.1) is 0 Å². The summed E-state index contributed by atoms with van der Waals surface area (Å²) in [5.41, 5.74) is 0. The van der Waals surface area contributed by atoms with E-state index in [0.29, 0.717) is 26.3 Å². The number of rotatable bonds is 8. The Bertz CT molecular complexity index is 111. The van der Waals surface area contributed by atoms with Crippen LogP contribution in [0.3, 0.4) is 0 Å². The van der Waals surface area contributed by atoms with Crippen molar-refractivity contribution in [3.05, 3.63) is 0 Å². The van der Waals surface area contributed by atoms with Gasteiger partial charge in [-0.05, 0) is 14.1 Å². The standard InChI is InChI=1S/C6H17N2O3P/c1-7-3-5-10-12(9)11-6-4-8-2/h7-8,12H,3-6H2,1-2H3. The molecule has 0 saturated heterocycles. The molecular formula is C6H17N2O3P. The number of nitrogens with one attached hydrogen (secondary N) is 2. The monoisotopic (exact) mass is 196 g/mol. The Morgan fingerprint density at radius 1 is 1.08 bits per heavy atom. The van der Waals surface area contributed by atoms with Crippen molar-refractivity contribution >= 4 is 8.25 Å². The van der Waals surface area contributed by atoms with E-state index in [0.717, 1.165) is 0 Å². The van der Waals surface area contributed by atoms with Crippen molar-refractivity contribution < 1.29 is 13.6 Å². The normalized spacial score (nSPS) is 10.9. The van der Waals surface area contributed by atoms with E-state index in [4.69, 9.17) is 9.05 Å². The van der Waals surface area contributed by atoms with Crippen molar-refractivity contribution in [3.8, 4) is 0 Å². The Morgan fingerprint density at radius 3 is 1.83 bits per heavy atom. The van der Waals surface area contributed by atoms with Crippen LogP contribution in [-0.4, -0.2) is 40.4 Å². The molecule has 0 spiro atoms. The summed E-state index contributed by atoms with van der Waals surface area (Å²) < 4.78 is 20.6. The van der Waals surface area contributed by atoms with Gasteiger partial charge in [-0.2, -0.15) is 0 Å². The van der Waals surface area contributed by atoms with Crippen LogP contribution in [0.5, 0.6) is 0 Å². The predicted octanol–water partition coefficient (Wildman–Crippen LogP) is -0.152. The minimum atomic E-state index is -2.26. The third-order valence-electron chi connectivity index (χ3n) is 1.14. The molecule has 0 unspecified atom stereocenters. The van der Waals surface area contributed by atoms with Crippen LogP contribution in [0.1, 0.15) is 0 Å². The summed E-state index contributed by atoms with van der Waals surface area (Å²) in [4.78, 5) is 0. The molecular weight excluding hydrogens is 179 g/mol. The van der Waals surface area contributed by atoms with E-state index in [-0.39, 0.29) is 0 Å². The molecule has 2 N–H and O–H groups in total. The molecule has 74 valence electrons. The predicted molar refractivity (Wildman–Crippen MR) is 48.8 cm³/mol. The average Bonchev–Trinajstić information content (AvgIpc) is 2.06. The Labute approximate surface area is 73.8 Å². The van der Waals surface area contributed by atoms with E-state index in [2.05, 4.69) is 10.6 Å². The molecule has 6 heteroatoms. The SMILES string of the molecule is CNCCO[PH](=O)OCCNC. The molecule has 0 amide bonds. The molecule has 0 rings (SSSR count). The quantitative estimate of drug-likeness (QED) is 0.417. The lowest BCUT2D eigenvalue weighted by Crippen LogP contribution is -2.14. The lowest BCUT2D eigenvalue weighted by Gasteiger charge is -2.04. The Balaban J connectivity index is 3.10. The van der Waals surface area contributed by atoms with Crippen molar-refractivity contribution in [1.29, 1.82) is 0 Å². The first-order valence-corrected chi connectivity index (χ1v) is 5.12. The first-order chi connectivity index (χ1) is 5.81. The van der Waals surface area contributed by atoms with Crippen LogP contribution in [0.2, 0.25) is 0 Å². The summed E-state index contributed by atoms with van der Waals surface area (Å²) >= 11 is 0. The number of likely N-dealkylation sites (N-methyl/N-ethyl adjacent to an activating group) is 2. The third kappa shape index (κ3) is 8.17. The van der Waals surface area contributed by atoms with Gasteiger partial charge in [0.15, 0.2) is 0 Å². The molecule has 5 nitrogen and oxygen atoms in total. The minimum Gasteiger partial charge on any atom is -0.317 e. The van der Waals surface area contributed by atoms with Crippen LogP contribution in [0.15, 0.2) is 0 Å². The molecule has 0 aliphatic heterocycles. The summed E-state index contributed by atoms with van der Waals surface area (Å²) in [6.45, 7) is 2.22. The van der Waals surface area contributed by atoms with Gasteiger partial charge in [-0.3, -0.25) is 4.57 Å². The minimum absolute atomic E-state index is 0.424. The number of hydrogen-bond donors (Lipinski definition) is 2. The molecule has 0 fully saturated rings. The highest BCUT2D eigenvalue weighted by atomic mass is 31.1.